The number of hydrogen-bond acceptors (Lipinski definition) is 2. The number of aryl methyl sites for hydroxylation is 1. The van der Waals surface area contributed by atoms with Gasteiger partial charge in [0, 0.05) is 41.6 Å². The van der Waals surface area contributed by atoms with E-state index >= 15 is 0 Å². The predicted octanol–water partition coefficient (Wildman–Crippen LogP) is 4.64. The molecule has 1 amide bonds. The lowest BCUT2D eigenvalue weighted by Crippen LogP contribution is -2.29. The summed E-state index contributed by atoms with van der Waals surface area (Å²) in [6.07, 6.45) is 6.28. The highest BCUT2D eigenvalue weighted by Crippen LogP contribution is 2.32. The molecule has 2 aromatic rings. The number of rotatable bonds is 4. The topological polar surface area (TPSA) is 51.1 Å². The fraction of sp³-hybridized carbons (Fsp3) is 0.333. The quantitative estimate of drug-likeness (QED) is 0.791. The first-order chi connectivity index (χ1) is 12.3. The normalized spacial score (nSPS) is 14.6. The third-order valence-electron chi connectivity index (χ3n) is 4.85. The van der Waals surface area contributed by atoms with Crippen LogP contribution >= 0.6 is 15.9 Å². The summed E-state index contributed by atoms with van der Waals surface area (Å²) in [5, 5.41) is 4.01. The van der Waals surface area contributed by atoms with Crippen LogP contribution in [-0.4, -0.2) is 22.8 Å². The number of benzene rings is 1. The molecule has 0 saturated carbocycles. The second-order valence-electron chi connectivity index (χ2n) is 7.07. The first kappa shape index (κ1) is 18.6. The molecule has 1 aromatic carbocycles. The number of ketones is 1. The largest absolute Gasteiger partial charge is 0.350 e. The highest BCUT2D eigenvalue weighted by Gasteiger charge is 2.20. The van der Waals surface area contributed by atoms with Crippen LogP contribution < -0.4 is 5.32 Å². The van der Waals surface area contributed by atoms with Gasteiger partial charge in [0.25, 0.3) is 5.91 Å². The predicted molar refractivity (Wildman–Crippen MR) is 109 cm³/mol. The summed E-state index contributed by atoms with van der Waals surface area (Å²) in [5.74, 6) is 0.268. The van der Waals surface area contributed by atoms with E-state index in [0.29, 0.717) is 23.5 Å². The Morgan fingerprint density at radius 3 is 2.73 bits per heavy atom. The van der Waals surface area contributed by atoms with Crippen LogP contribution in [-0.2, 0) is 11.8 Å². The third kappa shape index (κ3) is 3.40. The molecule has 0 saturated heterocycles. The first-order valence-corrected chi connectivity index (χ1v) is 9.55. The molecule has 0 fully saturated rings. The first-order valence-electron chi connectivity index (χ1n) is 8.75. The van der Waals surface area contributed by atoms with E-state index in [-0.39, 0.29) is 18.2 Å². The molecule has 1 heterocycles. The number of aromatic nitrogens is 1. The zero-order valence-electron chi connectivity index (χ0n) is 15.5. The summed E-state index contributed by atoms with van der Waals surface area (Å²) in [4.78, 5) is 25.0. The van der Waals surface area contributed by atoms with E-state index in [1.54, 1.807) is 0 Å². The minimum atomic E-state index is -0.171. The number of nitrogens with zero attached hydrogens (tertiary/aromatic N) is 1. The van der Waals surface area contributed by atoms with Crippen LogP contribution in [0.15, 0.2) is 46.1 Å². The van der Waals surface area contributed by atoms with Gasteiger partial charge >= 0.3 is 0 Å². The number of halogens is 1. The molecule has 0 unspecified atom stereocenters. The van der Waals surface area contributed by atoms with E-state index in [1.807, 2.05) is 36.8 Å². The number of hydrogen-bond donors (Lipinski definition) is 1. The van der Waals surface area contributed by atoms with E-state index in [1.165, 1.54) is 5.56 Å². The lowest BCUT2D eigenvalue weighted by molar-refractivity contribution is -0.115. The molecule has 0 atom stereocenters. The Kier molecular flexibility index (Phi) is 5.19. The Balaban J connectivity index is 1.96. The monoisotopic (exact) mass is 414 g/mol. The van der Waals surface area contributed by atoms with E-state index < -0.39 is 0 Å². The van der Waals surface area contributed by atoms with Crippen molar-refractivity contribution in [2.45, 2.75) is 33.1 Å². The van der Waals surface area contributed by atoms with Gasteiger partial charge < -0.3 is 9.88 Å². The Morgan fingerprint density at radius 2 is 2.08 bits per heavy atom. The molecule has 0 aliphatic heterocycles. The molecule has 0 radical (unpaired) electrons. The molecule has 3 rings (SSSR count). The van der Waals surface area contributed by atoms with Crippen molar-refractivity contribution in [3.63, 3.8) is 0 Å². The van der Waals surface area contributed by atoms with Gasteiger partial charge in [-0.1, -0.05) is 41.9 Å². The van der Waals surface area contributed by atoms with Gasteiger partial charge in [0.15, 0.2) is 5.78 Å². The molecule has 0 spiro atoms. The highest BCUT2D eigenvalue weighted by atomic mass is 79.9. The van der Waals surface area contributed by atoms with Gasteiger partial charge in [0.1, 0.15) is 0 Å². The molecule has 1 aromatic heterocycles. The number of carbonyl (C=O) groups is 2. The van der Waals surface area contributed by atoms with Crippen molar-refractivity contribution in [3.05, 3.63) is 57.2 Å². The molecule has 26 heavy (non-hydrogen) atoms. The van der Waals surface area contributed by atoms with Crippen molar-refractivity contribution in [1.29, 1.82) is 0 Å². The summed E-state index contributed by atoms with van der Waals surface area (Å²) in [5.41, 5.74) is 4.34. The molecule has 136 valence electrons. The molecule has 0 bridgehead atoms. The molecule has 5 heteroatoms. The average molecular weight is 415 g/mol. The molecular weight excluding hydrogens is 392 g/mol. The van der Waals surface area contributed by atoms with Crippen molar-refractivity contribution in [2.75, 3.05) is 6.54 Å². The Bertz CT molecular complexity index is 964. The van der Waals surface area contributed by atoms with Crippen molar-refractivity contribution in [3.8, 4) is 0 Å². The fourth-order valence-electron chi connectivity index (χ4n) is 3.46. The standard InChI is InChI=1S/C21H23BrN2O2/c1-12(2)18-11-24(4)20-15(18)8-14(22)9-16(20)21(26)23-10-17-13(3)6-5-7-19(17)25/h5-6,8-9,11-12H,7,10H2,1-4H3,(H,23,26). The van der Waals surface area contributed by atoms with Crippen LogP contribution in [0, 0.1) is 0 Å². The van der Waals surface area contributed by atoms with E-state index in [2.05, 4.69) is 47.4 Å². The maximum atomic E-state index is 12.9. The van der Waals surface area contributed by atoms with Crippen LogP contribution in [0.1, 0.15) is 49.0 Å². The molecule has 4 nitrogen and oxygen atoms in total. The summed E-state index contributed by atoms with van der Waals surface area (Å²) < 4.78 is 2.88. The van der Waals surface area contributed by atoms with Gasteiger partial charge in [-0.25, -0.2) is 0 Å². The van der Waals surface area contributed by atoms with Crippen LogP contribution in [0.25, 0.3) is 10.9 Å². The van der Waals surface area contributed by atoms with Crippen LogP contribution in [0.5, 0.6) is 0 Å². The van der Waals surface area contributed by atoms with E-state index in [0.717, 1.165) is 20.9 Å². The van der Waals surface area contributed by atoms with Gasteiger partial charge in [-0.05, 0) is 36.1 Å². The zero-order valence-corrected chi connectivity index (χ0v) is 17.1. The number of Topliss-reactive ketones (excluding diaryl/α,β-unsaturated/α-hetero) is 1. The maximum Gasteiger partial charge on any atom is 0.253 e. The number of fused-ring (bicyclic) bond motifs is 1. The third-order valence-corrected chi connectivity index (χ3v) is 5.31. The number of allylic oxidation sites excluding steroid dienone is 3. The molecule has 1 aliphatic carbocycles. The summed E-state index contributed by atoms with van der Waals surface area (Å²) in [6, 6.07) is 3.90. The SMILES string of the molecule is CC1=C(CNC(=O)c2cc(Br)cc3c(C(C)C)cn(C)c23)C(=O)CC=C1. The Morgan fingerprint density at radius 1 is 1.35 bits per heavy atom. The van der Waals surface area contributed by atoms with E-state index in [9.17, 15) is 9.59 Å². The second-order valence-corrected chi connectivity index (χ2v) is 7.99. The van der Waals surface area contributed by atoms with Gasteiger partial charge in [-0.15, -0.1) is 0 Å². The minimum Gasteiger partial charge on any atom is -0.350 e. The molecule has 1 N–H and O–H groups in total. The van der Waals surface area contributed by atoms with Crippen molar-refractivity contribution in [2.24, 2.45) is 7.05 Å². The summed E-state index contributed by atoms with van der Waals surface area (Å²) in [6.45, 7) is 6.45. The van der Waals surface area contributed by atoms with Crippen LogP contribution in [0.3, 0.4) is 0 Å². The summed E-state index contributed by atoms with van der Waals surface area (Å²) in [7, 11) is 1.96. The molecular formula is C21H23BrN2O2. The smallest absolute Gasteiger partial charge is 0.253 e. The van der Waals surface area contributed by atoms with Crippen LogP contribution in [0.4, 0.5) is 0 Å². The fourth-order valence-corrected chi connectivity index (χ4v) is 3.92. The lowest BCUT2D eigenvalue weighted by Gasteiger charge is -2.14. The van der Waals surface area contributed by atoms with E-state index in [4.69, 9.17) is 0 Å². The van der Waals surface area contributed by atoms with Crippen molar-refractivity contribution in [1.82, 2.24) is 9.88 Å². The average Bonchev–Trinajstić information content (AvgIpc) is 2.90. The van der Waals surface area contributed by atoms with Crippen LogP contribution in [0.2, 0.25) is 0 Å². The van der Waals surface area contributed by atoms with Crippen molar-refractivity contribution >= 4 is 38.5 Å². The number of carbonyl (C=O) groups excluding carboxylic acids is 2. The Hall–Kier alpha value is -2.14. The maximum absolute atomic E-state index is 12.9. The van der Waals surface area contributed by atoms with Gasteiger partial charge in [0.2, 0.25) is 0 Å². The van der Waals surface area contributed by atoms with Gasteiger partial charge in [0.05, 0.1) is 11.1 Å². The van der Waals surface area contributed by atoms with Gasteiger partial charge in [-0.2, -0.15) is 0 Å². The minimum absolute atomic E-state index is 0.0747. The highest BCUT2D eigenvalue weighted by molar-refractivity contribution is 9.10. The zero-order chi connectivity index (χ0) is 19.0. The van der Waals surface area contributed by atoms with Gasteiger partial charge in [-0.3, -0.25) is 9.59 Å². The summed E-state index contributed by atoms with van der Waals surface area (Å²) >= 11 is 3.53. The number of nitrogens with one attached hydrogen (secondary N) is 1. The van der Waals surface area contributed by atoms with Crippen molar-refractivity contribution < 1.29 is 9.59 Å². The Labute approximate surface area is 162 Å². The molecule has 1 aliphatic rings. The number of amides is 1. The lowest BCUT2D eigenvalue weighted by atomic mass is 9.97. The second kappa shape index (κ2) is 7.23.